The zero-order chi connectivity index (χ0) is 13.0. The molecular formula is C14H19FNO2-. The van der Waals surface area contributed by atoms with Crippen molar-refractivity contribution in [1.82, 2.24) is 4.90 Å². The van der Waals surface area contributed by atoms with Crippen molar-refractivity contribution in [3.8, 4) is 5.75 Å². The molecule has 1 saturated heterocycles. The second kappa shape index (κ2) is 6.16. The van der Waals surface area contributed by atoms with Crippen LogP contribution in [-0.2, 0) is 11.2 Å². The highest BCUT2D eigenvalue weighted by Crippen LogP contribution is 2.20. The third-order valence-corrected chi connectivity index (χ3v) is 3.16. The highest BCUT2D eigenvalue weighted by atomic mass is 19.1. The Morgan fingerprint density at radius 3 is 3.11 bits per heavy atom. The molecule has 0 spiro atoms. The van der Waals surface area contributed by atoms with E-state index in [1.54, 1.807) is 6.07 Å². The average Bonchev–Trinajstić information content (AvgIpc) is 2.54. The molecule has 0 aromatic heterocycles. The zero-order valence-corrected chi connectivity index (χ0v) is 10.7. The van der Waals surface area contributed by atoms with Crippen LogP contribution in [0.4, 0.5) is 4.39 Å². The summed E-state index contributed by atoms with van der Waals surface area (Å²) in [6.07, 6.45) is 0.799. The van der Waals surface area contributed by atoms with Gasteiger partial charge in [-0.2, -0.15) is 0 Å². The van der Waals surface area contributed by atoms with E-state index in [2.05, 4.69) is 7.05 Å². The van der Waals surface area contributed by atoms with Gasteiger partial charge in [0.05, 0.1) is 20.3 Å². The average molecular weight is 252 g/mol. The fourth-order valence-corrected chi connectivity index (χ4v) is 2.25. The first kappa shape index (κ1) is 13.3. The predicted molar refractivity (Wildman–Crippen MR) is 67.9 cm³/mol. The summed E-state index contributed by atoms with van der Waals surface area (Å²) < 4.78 is 24.0. The Bertz CT molecular complexity index is 397. The minimum absolute atomic E-state index is 0.287. The molecule has 1 fully saturated rings. The molecule has 100 valence electrons. The lowest BCUT2D eigenvalue weighted by molar-refractivity contribution is 0.122. The zero-order valence-electron chi connectivity index (χ0n) is 10.7. The lowest BCUT2D eigenvalue weighted by atomic mass is 9.99. The highest BCUT2D eigenvalue weighted by molar-refractivity contribution is 5.29. The third kappa shape index (κ3) is 3.43. The van der Waals surface area contributed by atoms with Crippen LogP contribution < -0.4 is 4.74 Å². The van der Waals surface area contributed by atoms with Crippen LogP contribution in [0.1, 0.15) is 5.56 Å². The summed E-state index contributed by atoms with van der Waals surface area (Å²) in [5, 5.41) is 0. The number of rotatable bonds is 3. The van der Waals surface area contributed by atoms with Gasteiger partial charge in [-0.05, 0) is 43.1 Å². The molecule has 1 atom stereocenters. The number of nitrogens with zero attached hydrogens (tertiary/aromatic N) is 1. The molecule has 2 rings (SSSR count). The number of hydrogen-bond donors (Lipinski definition) is 0. The molecule has 1 aromatic carbocycles. The van der Waals surface area contributed by atoms with Gasteiger partial charge in [0.25, 0.3) is 0 Å². The fourth-order valence-electron chi connectivity index (χ4n) is 2.25. The van der Waals surface area contributed by atoms with Crippen LogP contribution in [0.5, 0.6) is 5.75 Å². The second-order valence-electron chi connectivity index (χ2n) is 4.69. The van der Waals surface area contributed by atoms with Crippen LogP contribution in [0.3, 0.4) is 0 Å². The van der Waals surface area contributed by atoms with Gasteiger partial charge >= 0.3 is 0 Å². The SMILES string of the molecule is [CH2-]N1CCOCC(Cc2ccc(OC)c(F)c2)C1. The summed E-state index contributed by atoms with van der Waals surface area (Å²) in [5.41, 5.74) is 0.970. The summed E-state index contributed by atoms with van der Waals surface area (Å²) in [6, 6.07) is 5.11. The van der Waals surface area contributed by atoms with Crippen molar-refractivity contribution in [3.05, 3.63) is 36.6 Å². The van der Waals surface area contributed by atoms with Crippen molar-refractivity contribution >= 4 is 0 Å². The first-order chi connectivity index (χ1) is 8.69. The quantitative estimate of drug-likeness (QED) is 0.769. The van der Waals surface area contributed by atoms with Crippen LogP contribution in [0.25, 0.3) is 0 Å². The minimum atomic E-state index is -0.309. The van der Waals surface area contributed by atoms with Crippen molar-refractivity contribution in [2.75, 3.05) is 33.4 Å². The highest BCUT2D eigenvalue weighted by Gasteiger charge is 2.15. The Kier molecular flexibility index (Phi) is 4.55. The van der Waals surface area contributed by atoms with E-state index in [1.807, 2.05) is 11.0 Å². The van der Waals surface area contributed by atoms with Gasteiger partial charge in [0.2, 0.25) is 0 Å². The van der Waals surface area contributed by atoms with E-state index in [4.69, 9.17) is 9.47 Å². The van der Waals surface area contributed by atoms with E-state index in [1.165, 1.54) is 13.2 Å². The van der Waals surface area contributed by atoms with E-state index in [0.29, 0.717) is 12.5 Å². The molecule has 0 saturated carbocycles. The van der Waals surface area contributed by atoms with Crippen molar-refractivity contribution in [3.63, 3.8) is 0 Å². The third-order valence-electron chi connectivity index (χ3n) is 3.16. The maximum Gasteiger partial charge on any atom is 0.165 e. The normalized spacial score (nSPS) is 21.6. The molecule has 0 aliphatic carbocycles. The summed E-state index contributed by atoms with van der Waals surface area (Å²) >= 11 is 0. The number of hydrogen-bond acceptors (Lipinski definition) is 3. The van der Waals surface area contributed by atoms with Crippen LogP contribution >= 0.6 is 0 Å². The van der Waals surface area contributed by atoms with Gasteiger partial charge in [0.15, 0.2) is 11.6 Å². The van der Waals surface area contributed by atoms with Crippen molar-refractivity contribution in [1.29, 1.82) is 0 Å². The maximum atomic E-state index is 13.6. The van der Waals surface area contributed by atoms with Crippen LogP contribution in [0.15, 0.2) is 18.2 Å². The van der Waals surface area contributed by atoms with Crippen LogP contribution in [0.2, 0.25) is 0 Å². The summed E-state index contributed by atoms with van der Waals surface area (Å²) in [6.45, 7) is 3.16. The Morgan fingerprint density at radius 2 is 2.39 bits per heavy atom. The number of benzene rings is 1. The van der Waals surface area contributed by atoms with Crippen LogP contribution in [0, 0.1) is 18.8 Å². The molecule has 1 aromatic rings. The molecule has 1 unspecified atom stereocenters. The maximum absolute atomic E-state index is 13.6. The topological polar surface area (TPSA) is 21.7 Å². The van der Waals surface area contributed by atoms with E-state index < -0.39 is 0 Å². The summed E-state index contributed by atoms with van der Waals surface area (Å²) in [7, 11) is 5.42. The van der Waals surface area contributed by atoms with Crippen molar-refractivity contribution < 1.29 is 13.9 Å². The minimum Gasteiger partial charge on any atom is -0.494 e. The molecule has 18 heavy (non-hydrogen) atoms. The van der Waals surface area contributed by atoms with Gasteiger partial charge in [0, 0.05) is 0 Å². The molecule has 4 heteroatoms. The summed E-state index contributed by atoms with van der Waals surface area (Å²) in [4.78, 5) is 2.01. The van der Waals surface area contributed by atoms with E-state index in [-0.39, 0.29) is 11.6 Å². The monoisotopic (exact) mass is 252 g/mol. The van der Waals surface area contributed by atoms with Gasteiger partial charge in [-0.3, -0.25) is 7.05 Å². The Labute approximate surface area is 107 Å². The first-order valence-corrected chi connectivity index (χ1v) is 6.14. The largest absolute Gasteiger partial charge is 0.494 e. The van der Waals surface area contributed by atoms with Gasteiger partial charge in [0.1, 0.15) is 0 Å². The van der Waals surface area contributed by atoms with E-state index in [0.717, 1.165) is 31.7 Å². The number of halogens is 1. The first-order valence-electron chi connectivity index (χ1n) is 6.14. The van der Waals surface area contributed by atoms with E-state index >= 15 is 0 Å². The summed E-state index contributed by atoms with van der Waals surface area (Å²) in [5.74, 6) is 0.337. The molecule has 1 heterocycles. The molecule has 1 aliphatic rings. The van der Waals surface area contributed by atoms with Gasteiger partial charge in [-0.15, -0.1) is 0 Å². The lowest BCUT2D eigenvalue weighted by Gasteiger charge is -2.25. The molecule has 0 bridgehead atoms. The number of ether oxygens (including phenoxy) is 2. The van der Waals surface area contributed by atoms with Crippen molar-refractivity contribution in [2.45, 2.75) is 6.42 Å². The predicted octanol–water partition coefficient (Wildman–Crippen LogP) is 2.12. The van der Waals surface area contributed by atoms with Gasteiger partial charge in [-0.25, -0.2) is 4.39 Å². The number of methoxy groups -OCH3 is 1. The molecule has 0 N–H and O–H groups in total. The Balaban J connectivity index is 2.01. The van der Waals surface area contributed by atoms with E-state index in [9.17, 15) is 4.39 Å². The molecule has 0 radical (unpaired) electrons. The Hall–Kier alpha value is -1.13. The second-order valence-corrected chi connectivity index (χ2v) is 4.69. The molecule has 0 amide bonds. The standard InChI is InChI=1S/C14H19FNO2/c1-16-5-6-18-10-12(9-16)7-11-3-4-14(17-2)13(15)8-11/h3-4,8,12H,1,5-7,9-10H2,2H3/q-1. The van der Waals surface area contributed by atoms with Gasteiger partial charge < -0.3 is 14.4 Å². The molecule has 1 aliphatic heterocycles. The van der Waals surface area contributed by atoms with Crippen LogP contribution in [-0.4, -0.2) is 38.3 Å². The fraction of sp³-hybridized carbons (Fsp3) is 0.500. The smallest absolute Gasteiger partial charge is 0.165 e. The lowest BCUT2D eigenvalue weighted by Crippen LogP contribution is -2.25. The van der Waals surface area contributed by atoms with Crippen molar-refractivity contribution in [2.24, 2.45) is 5.92 Å². The molecule has 3 nitrogen and oxygen atoms in total. The Morgan fingerprint density at radius 1 is 1.56 bits per heavy atom. The van der Waals surface area contributed by atoms with Gasteiger partial charge in [-0.1, -0.05) is 6.07 Å². The molecular weight excluding hydrogens is 233 g/mol.